The molecule has 1 aromatic heterocycles. The average molecular weight is 302 g/mol. The van der Waals surface area contributed by atoms with Gasteiger partial charge in [-0.3, -0.25) is 0 Å². The van der Waals surface area contributed by atoms with Gasteiger partial charge >= 0.3 is 6.03 Å². The standard InChI is InChI=1S/C16H22N4O2/c1-11(2)19-16(21)20-13-4-6-14(7-5-13)22-15-8-3-12(9-17)10-18-15/h3,8,10-11,13-14H,4-7H2,1-2H3,(H2,19,20,21). The fourth-order valence-corrected chi connectivity index (χ4v) is 2.50. The van der Waals surface area contributed by atoms with E-state index in [1.807, 2.05) is 19.9 Å². The molecule has 1 aliphatic rings. The van der Waals surface area contributed by atoms with Gasteiger partial charge < -0.3 is 15.4 Å². The van der Waals surface area contributed by atoms with E-state index >= 15 is 0 Å². The maximum atomic E-state index is 11.7. The summed E-state index contributed by atoms with van der Waals surface area (Å²) in [6, 6.07) is 5.69. The van der Waals surface area contributed by atoms with Crippen LogP contribution in [0.15, 0.2) is 18.3 Å². The number of nitriles is 1. The number of aromatic nitrogens is 1. The third-order valence-corrected chi connectivity index (χ3v) is 3.58. The molecule has 22 heavy (non-hydrogen) atoms. The molecule has 1 saturated carbocycles. The smallest absolute Gasteiger partial charge is 0.315 e. The van der Waals surface area contributed by atoms with Gasteiger partial charge in [-0.15, -0.1) is 0 Å². The van der Waals surface area contributed by atoms with Gasteiger partial charge in [0.15, 0.2) is 0 Å². The van der Waals surface area contributed by atoms with Crippen LogP contribution in [0.2, 0.25) is 0 Å². The Labute approximate surface area is 130 Å². The van der Waals surface area contributed by atoms with Crippen molar-refractivity contribution in [3.8, 4) is 11.9 Å². The van der Waals surface area contributed by atoms with E-state index in [0.717, 1.165) is 25.7 Å². The van der Waals surface area contributed by atoms with E-state index in [2.05, 4.69) is 15.6 Å². The highest BCUT2D eigenvalue weighted by atomic mass is 16.5. The summed E-state index contributed by atoms with van der Waals surface area (Å²) in [5.41, 5.74) is 0.524. The van der Waals surface area contributed by atoms with E-state index in [1.165, 1.54) is 6.20 Å². The number of amides is 2. The van der Waals surface area contributed by atoms with E-state index in [9.17, 15) is 4.79 Å². The Balaban J connectivity index is 1.75. The molecular weight excluding hydrogens is 280 g/mol. The Morgan fingerprint density at radius 1 is 1.36 bits per heavy atom. The number of hydrogen-bond acceptors (Lipinski definition) is 4. The fraction of sp³-hybridized carbons (Fsp3) is 0.562. The van der Waals surface area contributed by atoms with Crippen molar-refractivity contribution in [2.24, 2.45) is 0 Å². The highest BCUT2D eigenvalue weighted by Gasteiger charge is 2.24. The molecule has 0 aromatic carbocycles. The van der Waals surface area contributed by atoms with Crippen LogP contribution in [-0.2, 0) is 0 Å². The normalized spacial score (nSPS) is 21.0. The first kappa shape index (κ1) is 16.1. The Kier molecular flexibility index (Phi) is 5.59. The highest BCUT2D eigenvalue weighted by molar-refractivity contribution is 5.74. The van der Waals surface area contributed by atoms with Crippen molar-refractivity contribution in [2.75, 3.05) is 0 Å². The lowest BCUT2D eigenvalue weighted by Crippen LogP contribution is -2.46. The minimum atomic E-state index is -0.104. The number of ether oxygens (including phenoxy) is 1. The van der Waals surface area contributed by atoms with Gasteiger partial charge in [0.25, 0.3) is 0 Å². The molecule has 0 radical (unpaired) electrons. The van der Waals surface area contributed by atoms with Crippen LogP contribution in [0.1, 0.15) is 45.1 Å². The lowest BCUT2D eigenvalue weighted by molar-refractivity contribution is 0.134. The molecule has 1 heterocycles. The van der Waals surface area contributed by atoms with Gasteiger partial charge in [0.2, 0.25) is 5.88 Å². The number of hydrogen-bond donors (Lipinski definition) is 2. The Hall–Kier alpha value is -2.29. The van der Waals surface area contributed by atoms with Crippen LogP contribution in [0.5, 0.6) is 5.88 Å². The average Bonchev–Trinajstić information content (AvgIpc) is 2.49. The van der Waals surface area contributed by atoms with Crippen LogP contribution < -0.4 is 15.4 Å². The fourth-order valence-electron chi connectivity index (χ4n) is 2.50. The first-order valence-corrected chi connectivity index (χ1v) is 7.66. The van der Waals surface area contributed by atoms with Gasteiger partial charge in [0.05, 0.1) is 5.56 Å². The van der Waals surface area contributed by atoms with Crippen molar-refractivity contribution in [1.82, 2.24) is 15.6 Å². The SMILES string of the molecule is CC(C)NC(=O)NC1CCC(Oc2ccc(C#N)cn2)CC1. The molecule has 1 aromatic rings. The lowest BCUT2D eigenvalue weighted by atomic mass is 9.93. The predicted octanol–water partition coefficient (Wildman–Crippen LogP) is 2.35. The van der Waals surface area contributed by atoms with Gasteiger partial charge in [0, 0.05) is 24.3 Å². The van der Waals surface area contributed by atoms with Gasteiger partial charge in [-0.25, -0.2) is 9.78 Å². The van der Waals surface area contributed by atoms with Crippen molar-refractivity contribution < 1.29 is 9.53 Å². The molecule has 6 heteroatoms. The van der Waals surface area contributed by atoms with Crippen LogP contribution in [-0.4, -0.2) is 29.2 Å². The minimum Gasteiger partial charge on any atom is -0.474 e. The lowest BCUT2D eigenvalue weighted by Gasteiger charge is -2.29. The molecule has 0 atom stereocenters. The highest BCUT2D eigenvalue weighted by Crippen LogP contribution is 2.23. The van der Waals surface area contributed by atoms with Crippen LogP contribution in [0, 0.1) is 11.3 Å². The summed E-state index contributed by atoms with van der Waals surface area (Å²) in [6.07, 6.45) is 5.19. The third kappa shape index (κ3) is 4.92. The summed E-state index contributed by atoms with van der Waals surface area (Å²) in [5.74, 6) is 0.549. The second kappa shape index (κ2) is 7.64. The van der Waals surface area contributed by atoms with Gasteiger partial charge in [-0.2, -0.15) is 5.26 Å². The molecule has 0 bridgehead atoms. The zero-order valence-electron chi connectivity index (χ0n) is 13.0. The van der Waals surface area contributed by atoms with Crippen molar-refractivity contribution in [2.45, 2.75) is 57.7 Å². The Bertz CT molecular complexity index is 528. The first-order valence-electron chi connectivity index (χ1n) is 7.66. The van der Waals surface area contributed by atoms with E-state index in [-0.39, 0.29) is 24.2 Å². The summed E-state index contributed by atoms with van der Waals surface area (Å²) in [6.45, 7) is 3.88. The summed E-state index contributed by atoms with van der Waals surface area (Å²) >= 11 is 0. The molecule has 2 rings (SSSR count). The second-order valence-electron chi connectivity index (χ2n) is 5.86. The number of carbonyl (C=O) groups excluding carboxylic acids is 1. The van der Waals surface area contributed by atoms with Crippen molar-refractivity contribution >= 4 is 6.03 Å². The molecule has 1 aliphatic carbocycles. The topological polar surface area (TPSA) is 87.0 Å². The molecule has 0 aliphatic heterocycles. The van der Waals surface area contributed by atoms with Crippen molar-refractivity contribution in [1.29, 1.82) is 5.26 Å². The van der Waals surface area contributed by atoms with Crippen LogP contribution in [0.25, 0.3) is 0 Å². The molecule has 2 amide bonds. The minimum absolute atomic E-state index is 0.104. The zero-order chi connectivity index (χ0) is 15.9. The molecule has 0 saturated heterocycles. The second-order valence-corrected chi connectivity index (χ2v) is 5.86. The number of nitrogens with one attached hydrogen (secondary N) is 2. The largest absolute Gasteiger partial charge is 0.474 e. The van der Waals surface area contributed by atoms with Crippen molar-refractivity contribution in [3.63, 3.8) is 0 Å². The first-order chi connectivity index (χ1) is 10.6. The zero-order valence-corrected chi connectivity index (χ0v) is 13.0. The molecular formula is C16H22N4O2. The monoisotopic (exact) mass is 302 g/mol. The van der Waals surface area contributed by atoms with E-state index < -0.39 is 0 Å². The summed E-state index contributed by atoms with van der Waals surface area (Å²) < 4.78 is 5.82. The Morgan fingerprint density at radius 2 is 2.09 bits per heavy atom. The quantitative estimate of drug-likeness (QED) is 0.893. The predicted molar refractivity (Wildman–Crippen MR) is 82.4 cm³/mol. The van der Waals surface area contributed by atoms with Gasteiger partial charge in [-0.1, -0.05) is 0 Å². The van der Waals surface area contributed by atoms with Crippen LogP contribution in [0.4, 0.5) is 4.79 Å². The van der Waals surface area contributed by atoms with Crippen molar-refractivity contribution in [3.05, 3.63) is 23.9 Å². The molecule has 6 nitrogen and oxygen atoms in total. The summed E-state index contributed by atoms with van der Waals surface area (Å²) in [5, 5.41) is 14.6. The summed E-state index contributed by atoms with van der Waals surface area (Å²) in [7, 11) is 0. The molecule has 1 fully saturated rings. The number of carbonyl (C=O) groups is 1. The number of pyridine rings is 1. The molecule has 118 valence electrons. The number of rotatable bonds is 4. The van der Waals surface area contributed by atoms with E-state index in [0.29, 0.717) is 11.4 Å². The van der Waals surface area contributed by atoms with Gasteiger partial charge in [-0.05, 0) is 45.6 Å². The van der Waals surface area contributed by atoms with Gasteiger partial charge in [0.1, 0.15) is 12.2 Å². The Morgan fingerprint density at radius 3 is 2.64 bits per heavy atom. The third-order valence-electron chi connectivity index (χ3n) is 3.58. The maximum Gasteiger partial charge on any atom is 0.315 e. The van der Waals surface area contributed by atoms with E-state index in [4.69, 9.17) is 10.00 Å². The molecule has 0 spiro atoms. The maximum absolute atomic E-state index is 11.7. The molecule has 2 N–H and O–H groups in total. The number of nitrogens with zero attached hydrogens (tertiary/aromatic N) is 2. The number of urea groups is 1. The summed E-state index contributed by atoms with van der Waals surface area (Å²) in [4.78, 5) is 15.8. The van der Waals surface area contributed by atoms with Crippen LogP contribution in [0.3, 0.4) is 0 Å². The van der Waals surface area contributed by atoms with Crippen LogP contribution >= 0.6 is 0 Å². The van der Waals surface area contributed by atoms with E-state index in [1.54, 1.807) is 12.1 Å². The molecule has 0 unspecified atom stereocenters.